The number of aryl methyl sites for hydroxylation is 2. The molecule has 2 N–H and O–H groups in total. The predicted molar refractivity (Wildman–Crippen MR) is 87.7 cm³/mol. The lowest BCUT2D eigenvalue weighted by Gasteiger charge is -2.22. The summed E-state index contributed by atoms with van der Waals surface area (Å²) in [7, 11) is 1.79. The predicted octanol–water partition coefficient (Wildman–Crippen LogP) is 1.84. The minimum atomic E-state index is -1.13. The summed E-state index contributed by atoms with van der Waals surface area (Å²) >= 11 is 1.50. The molecule has 118 valence electrons. The van der Waals surface area contributed by atoms with Gasteiger partial charge in [0.25, 0.3) is 0 Å². The van der Waals surface area contributed by atoms with E-state index < -0.39 is 5.60 Å². The van der Waals surface area contributed by atoms with E-state index in [0.29, 0.717) is 11.3 Å². The van der Waals surface area contributed by atoms with E-state index in [1.807, 2.05) is 31.2 Å². The molecule has 0 aliphatic heterocycles. The number of thioether (sulfide) groups is 1. The van der Waals surface area contributed by atoms with Crippen LogP contribution in [0.1, 0.15) is 18.1 Å². The van der Waals surface area contributed by atoms with Crippen molar-refractivity contribution < 1.29 is 9.90 Å². The summed E-state index contributed by atoms with van der Waals surface area (Å²) in [4.78, 5) is 13.0. The van der Waals surface area contributed by atoms with Gasteiger partial charge in [-0.15, -0.1) is 11.8 Å². The summed E-state index contributed by atoms with van der Waals surface area (Å²) in [5, 5.41) is 17.2. The van der Waals surface area contributed by atoms with Gasteiger partial charge in [-0.3, -0.25) is 9.48 Å². The largest absolute Gasteiger partial charge is 0.383 e. The lowest BCUT2D eigenvalue weighted by atomic mass is 10.00. The van der Waals surface area contributed by atoms with Crippen molar-refractivity contribution in [2.75, 3.05) is 12.3 Å². The topological polar surface area (TPSA) is 67.2 Å². The number of benzene rings is 1. The van der Waals surface area contributed by atoms with Crippen molar-refractivity contribution >= 4 is 17.7 Å². The summed E-state index contributed by atoms with van der Waals surface area (Å²) < 4.78 is 1.62. The number of nitrogens with one attached hydrogen (secondary N) is 1. The highest BCUT2D eigenvalue weighted by atomic mass is 32.2. The number of amides is 1. The van der Waals surface area contributed by atoms with E-state index in [1.54, 1.807) is 31.0 Å². The van der Waals surface area contributed by atoms with Crippen molar-refractivity contribution in [3.63, 3.8) is 0 Å². The fourth-order valence-corrected chi connectivity index (χ4v) is 2.84. The molecule has 1 amide bonds. The zero-order valence-corrected chi connectivity index (χ0v) is 13.9. The molecule has 0 spiro atoms. The molecule has 1 aromatic carbocycles. The summed E-state index contributed by atoms with van der Waals surface area (Å²) in [6.45, 7) is 3.85. The molecule has 1 aromatic heterocycles. The van der Waals surface area contributed by atoms with Gasteiger partial charge < -0.3 is 10.4 Å². The van der Waals surface area contributed by atoms with Crippen LogP contribution < -0.4 is 5.32 Å². The molecule has 0 aliphatic rings. The van der Waals surface area contributed by atoms with E-state index in [9.17, 15) is 9.90 Å². The molecule has 22 heavy (non-hydrogen) atoms. The van der Waals surface area contributed by atoms with Gasteiger partial charge in [0, 0.05) is 23.7 Å². The zero-order valence-electron chi connectivity index (χ0n) is 13.0. The zero-order chi connectivity index (χ0) is 16.2. The summed E-state index contributed by atoms with van der Waals surface area (Å²) in [6.07, 6.45) is 3.35. The number of carbonyl (C=O) groups is 1. The molecular weight excluding hydrogens is 298 g/mol. The molecule has 0 saturated heterocycles. The Labute approximate surface area is 134 Å². The van der Waals surface area contributed by atoms with Gasteiger partial charge in [0.2, 0.25) is 5.91 Å². The van der Waals surface area contributed by atoms with Gasteiger partial charge >= 0.3 is 0 Å². The first-order valence-electron chi connectivity index (χ1n) is 7.05. The fourth-order valence-electron chi connectivity index (χ4n) is 1.98. The number of hydrogen-bond donors (Lipinski definition) is 2. The molecule has 0 radical (unpaired) electrons. The second-order valence-corrected chi connectivity index (χ2v) is 6.52. The maximum atomic E-state index is 11.9. The fraction of sp³-hybridized carbons (Fsp3) is 0.375. The number of aromatic nitrogens is 2. The van der Waals surface area contributed by atoms with Gasteiger partial charge in [-0.2, -0.15) is 5.10 Å². The van der Waals surface area contributed by atoms with Crippen LogP contribution in [0.5, 0.6) is 0 Å². The van der Waals surface area contributed by atoms with Crippen LogP contribution in [-0.4, -0.2) is 33.1 Å². The van der Waals surface area contributed by atoms with Gasteiger partial charge in [0.1, 0.15) is 5.60 Å². The van der Waals surface area contributed by atoms with Crippen molar-refractivity contribution in [1.29, 1.82) is 0 Å². The third-order valence-corrected chi connectivity index (χ3v) is 4.58. The van der Waals surface area contributed by atoms with Crippen molar-refractivity contribution in [2.45, 2.75) is 24.3 Å². The molecule has 0 saturated carbocycles. The van der Waals surface area contributed by atoms with Gasteiger partial charge in [0.05, 0.1) is 18.5 Å². The van der Waals surface area contributed by atoms with E-state index in [-0.39, 0.29) is 12.5 Å². The third-order valence-electron chi connectivity index (χ3n) is 3.41. The van der Waals surface area contributed by atoms with Crippen LogP contribution in [0.3, 0.4) is 0 Å². The first-order chi connectivity index (χ1) is 10.4. The molecule has 1 heterocycles. The highest BCUT2D eigenvalue weighted by Crippen LogP contribution is 2.22. The van der Waals surface area contributed by atoms with Crippen LogP contribution in [0, 0.1) is 6.92 Å². The Morgan fingerprint density at radius 1 is 1.45 bits per heavy atom. The monoisotopic (exact) mass is 319 g/mol. The molecule has 6 heteroatoms. The van der Waals surface area contributed by atoms with Gasteiger partial charge in [-0.05, 0) is 25.5 Å². The maximum Gasteiger partial charge on any atom is 0.230 e. The number of rotatable bonds is 6. The highest BCUT2D eigenvalue weighted by molar-refractivity contribution is 8.00. The Kier molecular flexibility index (Phi) is 5.26. The lowest BCUT2D eigenvalue weighted by molar-refractivity contribution is -0.119. The number of aliphatic hydroxyl groups is 1. The summed E-state index contributed by atoms with van der Waals surface area (Å²) in [5.41, 5.74) is 0.710. The van der Waals surface area contributed by atoms with E-state index in [1.165, 1.54) is 11.8 Å². The summed E-state index contributed by atoms with van der Waals surface area (Å²) in [5.74, 6) is 0.228. The molecule has 5 nitrogen and oxygen atoms in total. The number of carbonyl (C=O) groups excluding carboxylic acids is 1. The first kappa shape index (κ1) is 16.6. The van der Waals surface area contributed by atoms with E-state index in [2.05, 4.69) is 10.4 Å². The van der Waals surface area contributed by atoms with Crippen molar-refractivity contribution in [2.24, 2.45) is 7.05 Å². The average molecular weight is 319 g/mol. The molecule has 2 aromatic rings. The average Bonchev–Trinajstić information content (AvgIpc) is 2.92. The summed E-state index contributed by atoms with van der Waals surface area (Å²) in [6, 6.07) is 7.96. The third kappa shape index (κ3) is 4.35. The molecule has 1 unspecified atom stereocenters. The SMILES string of the molecule is Cc1ccccc1SCC(=O)NCC(C)(O)c1cnn(C)c1. The molecular formula is C16H21N3O2S. The van der Waals surface area contributed by atoms with E-state index in [0.717, 1.165) is 10.5 Å². The Morgan fingerprint density at radius 3 is 2.82 bits per heavy atom. The van der Waals surface area contributed by atoms with Crippen LogP contribution in [0.2, 0.25) is 0 Å². The van der Waals surface area contributed by atoms with Crippen molar-refractivity contribution in [1.82, 2.24) is 15.1 Å². The van der Waals surface area contributed by atoms with E-state index >= 15 is 0 Å². The molecule has 1 atom stereocenters. The van der Waals surface area contributed by atoms with E-state index in [4.69, 9.17) is 0 Å². The standard InChI is InChI=1S/C16H21N3O2S/c1-12-6-4-5-7-14(12)22-10-15(20)17-11-16(2,21)13-8-18-19(3)9-13/h4-9,21H,10-11H2,1-3H3,(H,17,20). The smallest absolute Gasteiger partial charge is 0.230 e. The van der Waals surface area contributed by atoms with Gasteiger partial charge in [-0.1, -0.05) is 18.2 Å². The molecule has 0 fully saturated rings. The first-order valence-corrected chi connectivity index (χ1v) is 8.04. The van der Waals surface area contributed by atoms with Gasteiger partial charge in [0.15, 0.2) is 0 Å². The second-order valence-electron chi connectivity index (χ2n) is 5.51. The normalized spacial score (nSPS) is 13.6. The van der Waals surface area contributed by atoms with Crippen LogP contribution in [-0.2, 0) is 17.4 Å². The Bertz CT molecular complexity index is 652. The van der Waals surface area contributed by atoms with Crippen LogP contribution >= 0.6 is 11.8 Å². The van der Waals surface area contributed by atoms with Crippen LogP contribution in [0.4, 0.5) is 0 Å². The Hall–Kier alpha value is -1.79. The minimum Gasteiger partial charge on any atom is -0.383 e. The van der Waals surface area contributed by atoms with Crippen LogP contribution in [0.15, 0.2) is 41.6 Å². The molecule has 0 bridgehead atoms. The molecule has 2 rings (SSSR count). The number of nitrogens with zero attached hydrogens (tertiary/aromatic N) is 2. The Balaban J connectivity index is 1.84. The maximum absolute atomic E-state index is 11.9. The van der Waals surface area contributed by atoms with Crippen molar-refractivity contribution in [3.05, 3.63) is 47.8 Å². The van der Waals surface area contributed by atoms with Crippen molar-refractivity contribution in [3.8, 4) is 0 Å². The highest BCUT2D eigenvalue weighted by Gasteiger charge is 2.25. The second kappa shape index (κ2) is 6.98. The molecule has 0 aliphatic carbocycles. The minimum absolute atomic E-state index is 0.0996. The quantitative estimate of drug-likeness (QED) is 0.797. The van der Waals surface area contributed by atoms with Crippen LogP contribution in [0.25, 0.3) is 0 Å². The number of hydrogen-bond acceptors (Lipinski definition) is 4. The lowest BCUT2D eigenvalue weighted by Crippen LogP contribution is -2.39. The Morgan fingerprint density at radius 2 is 2.18 bits per heavy atom. The van der Waals surface area contributed by atoms with Gasteiger partial charge in [-0.25, -0.2) is 0 Å².